The molecule has 0 aliphatic rings. The van der Waals surface area contributed by atoms with Crippen LogP contribution in [-0.4, -0.2) is 23.4 Å². The van der Waals surface area contributed by atoms with Gasteiger partial charge in [0.15, 0.2) is 0 Å². The van der Waals surface area contributed by atoms with E-state index in [-0.39, 0.29) is 19.8 Å². The van der Waals surface area contributed by atoms with E-state index in [1.807, 2.05) is 36.4 Å². The third-order valence-electron chi connectivity index (χ3n) is 3.21. The second kappa shape index (κ2) is 6.52. The van der Waals surface area contributed by atoms with E-state index in [0.29, 0.717) is 5.75 Å². The Morgan fingerprint density at radius 3 is 2.40 bits per heavy atom. The minimum absolute atomic E-state index is 0.0380. The average molecular weight is 273 g/mol. The Hall–Kier alpha value is -1.88. The summed E-state index contributed by atoms with van der Waals surface area (Å²) in [6.45, 7) is -0.0945. The second-order valence-corrected chi connectivity index (χ2v) is 4.77. The minimum Gasteiger partial charge on any atom is -0.491 e. The number of nitrogens with two attached hydrogens (primary N) is 1. The fourth-order valence-corrected chi connectivity index (χ4v) is 1.94. The summed E-state index contributed by atoms with van der Waals surface area (Å²) in [5.74, 6) is 0.621. The summed E-state index contributed by atoms with van der Waals surface area (Å²) in [4.78, 5) is 0. The highest BCUT2D eigenvalue weighted by Gasteiger charge is 2.27. The van der Waals surface area contributed by atoms with Crippen LogP contribution >= 0.6 is 0 Å². The molecule has 0 amide bonds. The number of rotatable bonds is 6. The first-order valence-electron chi connectivity index (χ1n) is 6.46. The summed E-state index contributed by atoms with van der Waals surface area (Å²) in [7, 11) is 0. The first kappa shape index (κ1) is 14.5. The summed E-state index contributed by atoms with van der Waals surface area (Å²) in [5.41, 5.74) is 6.86. The van der Waals surface area contributed by atoms with Crippen LogP contribution in [0.1, 0.15) is 11.1 Å². The van der Waals surface area contributed by atoms with E-state index in [2.05, 4.69) is 0 Å². The monoisotopic (exact) mass is 273 g/mol. The smallest absolute Gasteiger partial charge is 0.119 e. The number of hydrogen-bond donors (Lipinski definition) is 3. The molecule has 2 aromatic carbocycles. The zero-order valence-electron chi connectivity index (χ0n) is 11.2. The Kier molecular flexibility index (Phi) is 4.74. The molecule has 20 heavy (non-hydrogen) atoms. The van der Waals surface area contributed by atoms with E-state index in [1.165, 1.54) is 0 Å². The Labute approximate surface area is 118 Å². The lowest BCUT2D eigenvalue weighted by molar-refractivity contribution is 0.133. The van der Waals surface area contributed by atoms with E-state index in [1.54, 1.807) is 18.2 Å². The molecule has 0 saturated heterocycles. The average Bonchev–Trinajstić information content (AvgIpc) is 2.53. The van der Waals surface area contributed by atoms with Crippen molar-refractivity contribution in [1.82, 2.24) is 0 Å². The lowest BCUT2D eigenvalue weighted by atomic mass is 9.93. The molecule has 1 atom stereocenters. The number of hydrogen-bond acceptors (Lipinski definition) is 4. The Bertz CT molecular complexity index is 544. The first-order chi connectivity index (χ1) is 9.68. The van der Waals surface area contributed by atoms with Crippen LogP contribution in [0.15, 0.2) is 54.6 Å². The van der Waals surface area contributed by atoms with Crippen LogP contribution in [0.3, 0.4) is 0 Å². The molecular weight excluding hydrogens is 254 g/mol. The normalized spacial score (nSPS) is 13.8. The molecule has 0 saturated carbocycles. The van der Waals surface area contributed by atoms with Crippen LogP contribution in [0, 0.1) is 0 Å². The lowest BCUT2D eigenvalue weighted by Crippen LogP contribution is -2.46. The molecule has 0 aromatic heterocycles. The molecule has 2 rings (SSSR count). The molecule has 0 bridgehead atoms. The number of aliphatic hydroxyl groups is 2. The number of aliphatic hydroxyl groups excluding tert-OH is 2. The highest BCUT2D eigenvalue weighted by molar-refractivity contribution is 5.29. The largest absolute Gasteiger partial charge is 0.491 e. The molecule has 4 heteroatoms. The Balaban J connectivity index is 2.10. The maximum absolute atomic E-state index is 9.57. The molecule has 0 spiro atoms. The van der Waals surface area contributed by atoms with Crippen molar-refractivity contribution in [3.05, 3.63) is 65.7 Å². The number of ether oxygens (including phenoxy) is 1. The Morgan fingerprint density at radius 1 is 1.00 bits per heavy atom. The van der Waals surface area contributed by atoms with Gasteiger partial charge in [-0.05, 0) is 23.3 Å². The molecule has 4 N–H and O–H groups in total. The zero-order valence-corrected chi connectivity index (χ0v) is 11.2. The highest BCUT2D eigenvalue weighted by atomic mass is 16.5. The molecule has 1 unspecified atom stereocenters. The lowest BCUT2D eigenvalue weighted by Gasteiger charge is -2.27. The fraction of sp³-hybridized carbons (Fsp3) is 0.250. The van der Waals surface area contributed by atoms with E-state index in [4.69, 9.17) is 15.6 Å². The SMILES string of the molecule is NC(CO)(COc1cccc(CO)c1)c1ccccc1. The summed E-state index contributed by atoms with van der Waals surface area (Å²) in [5, 5.41) is 18.7. The topological polar surface area (TPSA) is 75.7 Å². The van der Waals surface area contributed by atoms with Gasteiger partial charge >= 0.3 is 0 Å². The fourth-order valence-electron chi connectivity index (χ4n) is 1.94. The van der Waals surface area contributed by atoms with Gasteiger partial charge in [-0.15, -0.1) is 0 Å². The van der Waals surface area contributed by atoms with E-state index in [9.17, 15) is 5.11 Å². The molecule has 0 heterocycles. The predicted molar refractivity (Wildman–Crippen MR) is 77.3 cm³/mol. The molecular formula is C16H19NO3. The van der Waals surface area contributed by atoms with Crippen molar-refractivity contribution in [1.29, 1.82) is 0 Å². The predicted octanol–water partition coefficient (Wildman–Crippen LogP) is 1.40. The molecule has 0 aliphatic heterocycles. The van der Waals surface area contributed by atoms with E-state index >= 15 is 0 Å². The molecule has 106 valence electrons. The Morgan fingerprint density at radius 2 is 1.75 bits per heavy atom. The summed E-state index contributed by atoms with van der Waals surface area (Å²) in [6.07, 6.45) is 0. The third-order valence-corrected chi connectivity index (χ3v) is 3.21. The van der Waals surface area contributed by atoms with Gasteiger partial charge in [-0.1, -0.05) is 42.5 Å². The number of benzene rings is 2. The summed E-state index contributed by atoms with van der Waals surface area (Å²) >= 11 is 0. The standard InChI is InChI=1S/C16H19NO3/c17-16(11-19,14-6-2-1-3-7-14)12-20-15-8-4-5-13(9-15)10-18/h1-9,18-19H,10-12,17H2. The molecule has 2 aromatic rings. The van der Waals surface area contributed by atoms with E-state index in [0.717, 1.165) is 11.1 Å². The van der Waals surface area contributed by atoms with Gasteiger partial charge in [0, 0.05) is 0 Å². The van der Waals surface area contributed by atoms with Crippen LogP contribution in [0.4, 0.5) is 0 Å². The van der Waals surface area contributed by atoms with Gasteiger partial charge in [-0.2, -0.15) is 0 Å². The van der Waals surface area contributed by atoms with Gasteiger partial charge in [-0.25, -0.2) is 0 Å². The molecule has 0 fully saturated rings. The van der Waals surface area contributed by atoms with Crippen molar-refractivity contribution < 1.29 is 14.9 Å². The molecule has 0 aliphatic carbocycles. The quantitative estimate of drug-likeness (QED) is 0.743. The van der Waals surface area contributed by atoms with Crippen molar-refractivity contribution in [3.63, 3.8) is 0 Å². The van der Waals surface area contributed by atoms with Crippen LogP contribution in [0.25, 0.3) is 0 Å². The van der Waals surface area contributed by atoms with Gasteiger partial charge in [0.25, 0.3) is 0 Å². The van der Waals surface area contributed by atoms with Crippen LogP contribution in [0.5, 0.6) is 5.75 Å². The first-order valence-corrected chi connectivity index (χ1v) is 6.46. The minimum atomic E-state index is -0.948. The van der Waals surface area contributed by atoms with Crippen molar-refractivity contribution in [2.24, 2.45) is 5.73 Å². The van der Waals surface area contributed by atoms with Crippen LogP contribution in [-0.2, 0) is 12.1 Å². The van der Waals surface area contributed by atoms with Crippen molar-refractivity contribution in [2.45, 2.75) is 12.1 Å². The maximum Gasteiger partial charge on any atom is 0.119 e. The van der Waals surface area contributed by atoms with Gasteiger partial charge in [0.1, 0.15) is 12.4 Å². The third kappa shape index (κ3) is 3.36. The van der Waals surface area contributed by atoms with Gasteiger partial charge in [0.2, 0.25) is 0 Å². The van der Waals surface area contributed by atoms with Gasteiger partial charge in [-0.3, -0.25) is 0 Å². The molecule has 0 radical (unpaired) electrons. The highest BCUT2D eigenvalue weighted by Crippen LogP contribution is 2.21. The summed E-state index contributed by atoms with van der Waals surface area (Å²) < 4.78 is 5.66. The van der Waals surface area contributed by atoms with E-state index < -0.39 is 5.54 Å². The van der Waals surface area contributed by atoms with Crippen molar-refractivity contribution in [2.75, 3.05) is 13.2 Å². The maximum atomic E-state index is 9.57. The second-order valence-electron chi connectivity index (χ2n) is 4.77. The molecule has 4 nitrogen and oxygen atoms in total. The van der Waals surface area contributed by atoms with Crippen molar-refractivity contribution in [3.8, 4) is 5.75 Å². The van der Waals surface area contributed by atoms with Crippen LogP contribution in [0.2, 0.25) is 0 Å². The zero-order chi connectivity index (χ0) is 14.4. The summed E-state index contributed by atoms with van der Waals surface area (Å²) in [6, 6.07) is 16.5. The van der Waals surface area contributed by atoms with Gasteiger partial charge in [0.05, 0.1) is 18.8 Å². The van der Waals surface area contributed by atoms with Gasteiger partial charge < -0.3 is 20.7 Å². The van der Waals surface area contributed by atoms with Crippen molar-refractivity contribution >= 4 is 0 Å². The van der Waals surface area contributed by atoms with Crippen LogP contribution < -0.4 is 10.5 Å².